The van der Waals surface area contributed by atoms with Crippen LogP contribution in [0.25, 0.3) is 0 Å². The minimum absolute atomic E-state index is 0.0730. The zero-order chi connectivity index (χ0) is 22.5. The zero-order valence-corrected chi connectivity index (χ0v) is 19.6. The molecule has 1 fully saturated rings. The van der Waals surface area contributed by atoms with Crippen molar-refractivity contribution in [1.82, 2.24) is 19.8 Å². The lowest BCUT2D eigenvalue weighted by Gasteiger charge is -2.36. The number of amides is 1. The smallest absolute Gasteiger partial charge is 0.256 e. The molecule has 1 saturated heterocycles. The highest BCUT2D eigenvalue weighted by molar-refractivity contribution is 7.99. The van der Waals surface area contributed by atoms with Crippen molar-refractivity contribution in [1.29, 1.82) is 0 Å². The second-order valence-corrected chi connectivity index (χ2v) is 9.11. The number of carbonyl (C=O) groups is 1. The van der Waals surface area contributed by atoms with Crippen LogP contribution in [0.3, 0.4) is 0 Å². The summed E-state index contributed by atoms with van der Waals surface area (Å²) in [5, 5.41) is 0.540. The minimum Gasteiger partial charge on any atom is -0.495 e. The van der Waals surface area contributed by atoms with E-state index in [0.29, 0.717) is 24.8 Å². The molecule has 8 nitrogen and oxygen atoms in total. The summed E-state index contributed by atoms with van der Waals surface area (Å²) in [6, 6.07) is 7.96. The molecule has 2 aromatic rings. The van der Waals surface area contributed by atoms with Gasteiger partial charge in [0.1, 0.15) is 5.75 Å². The maximum Gasteiger partial charge on any atom is 0.256 e. The summed E-state index contributed by atoms with van der Waals surface area (Å²) in [6.45, 7) is 7.58. The maximum absolute atomic E-state index is 12.8. The molecule has 1 amide bonds. The third-order valence-electron chi connectivity index (χ3n) is 6.06. The van der Waals surface area contributed by atoms with E-state index >= 15 is 0 Å². The molecule has 1 aromatic heterocycles. The summed E-state index contributed by atoms with van der Waals surface area (Å²) in [4.78, 5) is 39.3. The van der Waals surface area contributed by atoms with Crippen molar-refractivity contribution >= 4 is 23.4 Å². The van der Waals surface area contributed by atoms with E-state index in [9.17, 15) is 9.59 Å². The van der Waals surface area contributed by atoms with Crippen LogP contribution >= 0.6 is 11.8 Å². The van der Waals surface area contributed by atoms with Crippen LogP contribution in [0.1, 0.15) is 24.6 Å². The number of benzene rings is 1. The van der Waals surface area contributed by atoms with Crippen LogP contribution in [0.15, 0.2) is 34.2 Å². The highest BCUT2D eigenvalue weighted by atomic mass is 32.2. The quantitative estimate of drug-likeness (QED) is 0.503. The Morgan fingerprint density at radius 2 is 1.97 bits per heavy atom. The molecule has 0 atom stereocenters. The number of nitrogens with one attached hydrogen (secondary N) is 1. The fraction of sp³-hybridized carbons (Fsp3) is 0.522. The molecule has 0 spiro atoms. The highest BCUT2D eigenvalue weighted by Crippen LogP contribution is 2.28. The molecule has 2 aliphatic rings. The first kappa shape index (κ1) is 22.7. The Balaban J connectivity index is 1.31. The van der Waals surface area contributed by atoms with Crippen LogP contribution in [-0.2, 0) is 17.8 Å². The van der Waals surface area contributed by atoms with Crippen molar-refractivity contribution in [3.8, 4) is 5.75 Å². The van der Waals surface area contributed by atoms with E-state index in [2.05, 4.69) is 26.7 Å². The molecule has 4 rings (SSSR count). The lowest BCUT2D eigenvalue weighted by molar-refractivity contribution is -0.128. The van der Waals surface area contributed by atoms with E-state index in [4.69, 9.17) is 4.74 Å². The molecule has 9 heteroatoms. The number of aromatic amines is 1. The van der Waals surface area contributed by atoms with E-state index in [1.54, 1.807) is 7.11 Å². The molecule has 0 bridgehead atoms. The SMILES string of the molecule is CCCN1CCc2nc(SCC(=O)N3CCN(c4ccccc4OC)CC3)[nH]c(=O)c2C1. The van der Waals surface area contributed by atoms with E-state index in [-0.39, 0.29) is 17.2 Å². The zero-order valence-electron chi connectivity index (χ0n) is 18.8. The van der Waals surface area contributed by atoms with E-state index in [1.807, 2.05) is 29.2 Å². The molecule has 0 saturated carbocycles. The second kappa shape index (κ2) is 10.4. The van der Waals surface area contributed by atoms with Gasteiger partial charge in [0.25, 0.3) is 5.56 Å². The predicted octanol–water partition coefficient (Wildman–Crippen LogP) is 1.99. The van der Waals surface area contributed by atoms with Crippen molar-refractivity contribution < 1.29 is 9.53 Å². The Kier molecular flexibility index (Phi) is 7.36. The van der Waals surface area contributed by atoms with Crippen molar-refractivity contribution in [2.45, 2.75) is 31.5 Å². The summed E-state index contributed by atoms with van der Waals surface area (Å²) in [5.74, 6) is 1.20. The first-order valence-corrected chi connectivity index (χ1v) is 12.2. The third kappa shape index (κ3) is 5.10. The van der Waals surface area contributed by atoms with Gasteiger partial charge in [0.05, 0.1) is 29.8 Å². The fourth-order valence-electron chi connectivity index (χ4n) is 4.34. The van der Waals surface area contributed by atoms with Gasteiger partial charge in [-0.3, -0.25) is 14.5 Å². The first-order valence-electron chi connectivity index (χ1n) is 11.2. The normalized spacial score (nSPS) is 16.7. The van der Waals surface area contributed by atoms with Crippen molar-refractivity contribution in [2.24, 2.45) is 0 Å². The van der Waals surface area contributed by atoms with Gasteiger partial charge in [-0.25, -0.2) is 4.98 Å². The number of H-pyrrole nitrogens is 1. The predicted molar refractivity (Wildman–Crippen MR) is 127 cm³/mol. The number of rotatable bonds is 7. The van der Waals surface area contributed by atoms with Crippen molar-refractivity contribution in [2.75, 3.05) is 57.0 Å². The number of carbonyl (C=O) groups excluding carboxylic acids is 1. The highest BCUT2D eigenvalue weighted by Gasteiger charge is 2.24. The summed E-state index contributed by atoms with van der Waals surface area (Å²) >= 11 is 1.32. The Labute approximate surface area is 192 Å². The van der Waals surface area contributed by atoms with E-state index in [0.717, 1.165) is 61.7 Å². The molecule has 0 radical (unpaired) electrons. The second-order valence-electron chi connectivity index (χ2n) is 8.15. The molecule has 172 valence electrons. The fourth-order valence-corrected chi connectivity index (χ4v) is 5.13. The number of hydrogen-bond acceptors (Lipinski definition) is 7. The molecule has 1 aromatic carbocycles. The average Bonchev–Trinajstić information content (AvgIpc) is 2.83. The van der Waals surface area contributed by atoms with Crippen LogP contribution in [0, 0.1) is 0 Å². The van der Waals surface area contributed by atoms with Crippen LogP contribution in [-0.4, -0.2) is 77.8 Å². The van der Waals surface area contributed by atoms with Gasteiger partial charge in [-0.05, 0) is 25.1 Å². The maximum atomic E-state index is 12.8. The number of para-hydroxylation sites is 2. The Hall–Kier alpha value is -2.52. The largest absolute Gasteiger partial charge is 0.495 e. The van der Waals surface area contributed by atoms with Gasteiger partial charge in [-0.15, -0.1) is 0 Å². The summed E-state index contributed by atoms with van der Waals surface area (Å²) in [6.07, 6.45) is 1.86. The number of anilines is 1. The molecular formula is C23H31N5O3S. The van der Waals surface area contributed by atoms with Crippen molar-refractivity contribution in [3.05, 3.63) is 45.9 Å². The number of ether oxygens (including phenoxy) is 1. The number of methoxy groups -OCH3 is 1. The van der Waals surface area contributed by atoms with Crippen LogP contribution in [0.4, 0.5) is 5.69 Å². The summed E-state index contributed by atoms with van der Waals surface area (Å²) < 4.78 is 5.46. The topological polar surface area (TPSA) is 81.8 Å². The summed E-state index contributed by atoms with van der Waals surface area (Å²) in [5.41, 5.74) is 2.63. The molecule has 0 unspecified atom stereocenters. The number of piperazine rings is 1. The lowest BCUT2D eigenvalue weighted by atomic mass is 10.1. The van der Waals surface area contributed by atoms with Gasteiger partial charge in [0.15, 0.2) is 5.16 Å². The lowest BCUT2D eigenvalue weighted by Crippen LogP contribution is -2.49. The molecule has 32 heavy (non-hydrogen) atoms. The van der Waals surface area contributed by atoms with Gasteiger partial charge in [0, 0.05) is 45.7 Å². The van der Waals surface area contributed by atoms with Gasteiger partial charge in [-0.2, -0.15) is 0 Å². The first-order chi connectivity index (χ1) is 15.6. The van der Waals surface area contributed by atoms with E-state index in [1.165, 1.54) is 11.8 Å². The Morgan fingerprint density at radius 1 is 1.19 bits per heavy atom. The molecular weight excluding hydrogens is 426 g/mol. The third-order valence-corrected chi connectivity index (χ3v) is 6.91. The number of thioether (sulfide) groups is 1. The molecule has 1 N–H and O–H groups in total. The number of hydrogen-bond donors (Lipinski definition) is 1. The van der Waals surface area contributed by atoms with Crippen LogP contribution in [0.5, 0.6) is 5.75 Å². The Bertz CT molecular complexity index is 1000. The molecule has 3 heterocycles. The monoisotopic (exact) mass is 457 g/mol. The molecule has 2 aliphatic heterocycles. The molecule has 0 aliphatic carbocycles. The van der Waals surface area contributed by atoms with Gasteiger partial charge >= 0.3 is 0 Å². The average molecular weight is 458 g/mol. The number of nitrogens with zero attached hydrogens (tertiary/aromatic N) is 4. The van der Waals surface area contributed by atoms with Gasteiger partial charge in [0.2, 0.25) is 5.91 Å². The van der Waals surface area contributed by atoms with Gasteiger partial charge in [-0.1, -0.05) is 30.8 Å². The number of fused-ring (bicyclic) bond motifs is 1. The standard InChI is InChI=1S/C23H31N5O3S/c1-3-9-26-10-8-18-17(15-26)22(30)25-23(24-18)32-16-21(29)28-13-11-27(12-14-28)19-6-4-5-7-20(19)31-2/h4-7H,3,8-16H2,1-2H3,(H,24,25,30). The van der Waals surface area contributed by atoms with Crippen LogP contribution < -0.4 is 15.2 Å². The van der Waals surface area contributed by atoms with E-state index < -0.39 is 0 Å². The minimum atomic E-state index is -0.0730. The Morgan fingerprint density at radius 3 is 2.72 bits per heavy atom. The summed E-state index contributed by atoms with van der Waals surface area (Å²) in [7, 11) is 1.68. The van der Waals surface area contributed by atoms with Gasteiger partial charge < -0.3 is 19.5 Å². The van der Waals surface area contributed by atoms with Crippen LogP contribution in [0.2, 0.25) is 0 Å². The number of aromatic nitrogens is 2. The van der Waals surface area contributed by atoms with Crippen molar-refractivity contribution in [3.63, 3.8) is 0 Å².